The minimum absolute atomic E-state index is 0.0180. The lowest BCUT2D eigenvalue weighted by atomic mass is 9.78. The zero-order valence-electron chi connectivity index (χ0n) is 15.7. The fourth-order valence-electron chi connectivity index (χ4n) is 4.14. The number of amides is 2. The normalized spacial score (nSPS) is 26.8. The number of carbonyl (C=O) groups excluding carboxylic acids is 2. The molecule has 6 nitrogen and oxygen atoms in total. The summed E-state index contributed by atoms with van der Waals surface area (Å²) in [5.41, 5.74) is -0.341. The Kier molecular flexibility index (Phi) is 4.91. The molecule has 1 spiro atoms. The van der Waals surface area contributed by atoms with Gasteiger partial charge in [0.15, 0.2) is 0 Å². The van der Waals surface area contributed by atoms with E-state index in [2.05, 4.69) is 18.7 Å². The van der Waals surface area contributed by atoms with Crippen LogP contribution in [0.5, 0.6) is 0 Å². The number of furan rings is 1. The Morgan fingerprint density at radius 1 is 1.36 bits per heavy atom. The van der Waals surface area contributed by atoms with Crippen molar-refractivity contribution >= 4 is 11.8 Å². The van der Waals surface area contributed by atoms with Crippen LogP contribution in [-0.2, 0) is 22.6 Å². The first-order valence-electron chi connectivity index (χ1n) is 9.15. The topological polar surface area (TPSA) is 57.0 Å². The van der Waals surface area contributed by atoms with Crippen LogP contribution >= 0.6 is 0 Å². The molecule has 2 saturated heterocycles. The maximum Gasteiger partial charge on any atom is 0.241 e. The van der Waals surface area contributed by atoms with E-state index in [1.807, 2.05) is 12.1 Å². The van der Waals surface area contributed by atoms with Gasteiger partial charge in [-0.3, -0.25) is 14.5 Å². The Balaban J connectivity index is 1.66. The molecule has 1 aromatic rings. The molecule has 6 heteroatoms. The number of likely N-dealkylation sites (N-methyl/N-ethyl adjacent to an activating group) is 1. The van der Waals surface area contributed by atoms with Gasteiger partial charge in [-0.2, -0.15) is 0 Å². The van der Waals surface area contributed by atoms with Crippen LogP contribution in [0.2, 0.25) is 0 Å². The number of likely N-dealkylation sites (tertiary alicyclic amines) is 2. The number of hydrogen-bond acceptors (Lipinski definition) is 4. The molecule has 0 aliphatic carbocycles. The number of rotatable bonds is 5. The molecule has 138 valence electrons. The van der Waals surface area contributed by atoms with Gasteiger partial charge < -0.3 is 14.2 Å². The summed E-state index contributed by atoms with van der Waals surface area (Å²) < 4.78 is 5.82. The summed E-state index contributed by atoms with van der Waals surface area (Å²) in [6.07, 6.45) is 1.73. The van der Waals surface area contributed by atoms with E-state index >= 15 is 0 Å². The lowest BCUT2D eigenvalue weighted by Gasteiger charge is -2.27. The van der Waals surface area contributed by atoms with Crippen molar-refractivity contribution in [3.05, 3.63) is 23.7 Å². The molecule has 2 atom stereocenters. The molecule has 1 unspecified atom stereocenters. The third kappa shape index (κ3) is 3.32. The first kappa shape index (κ1) is 18.0. The van der Waals surface area contributed by atoms with Crippen LogP contribution in [0.25, 0.3) is 0 Å². The maximum atomic E-state index is 13.1. The molecule has 3 heterocycles. The van der Waals surface area contributed by atoms with E-state index < -0.39 is 0 Å². The molecule has 3 rings (SSSR count). The average Bonchev–Trinajstić information content (AvgIpc) is 3.23. The Labute approximate surface area is 149 Å². The fraction of sp³-hybridized carbons (Fsp3) is 0.684. The molecule has 0 N–H and O–H groups in total. The molecular formula is C19H29N3O3. The minimum atomic E-state index is -0.341. The standard InChI is InChI=1S/C19H29N3O3/c1-5-15-6-7-16(25-15)11-21-10-14(2)19(13-21)8-9-22(18(19)24)12-17(23)20(3)4/h6-7,14H,5,8-13H2,1-4H3/t14-,19?/m1/s1. The molecule has 0 saturated carbocycles. The van der Waals surface area contributed by atoms with E-state index in [-0.39, 0.29) is 23.8 Å². The van der Waals surface area contributed by atoms with Gasteiger partial charge in [-0.1, -0.05) is 13.8 Å². The summed E-state index contributed by atoms with van der Waals surface area (Å²) in [6.45, 7) is 7.50. The quantitative estimate of drug-likeness (QED) is 0.812. The van der Waals surface area contributed by atoms with Gasteiger partial charge in [-0.15, -0.1) is 0 Å². The number of nitrogens with zero attached hydrogens (tertiary/aromatic N) is 3. The Hall–Kier alpha value is -1.82. The second kappa shape index (κ2) is 6.83. The number of hydrogen-bond donors (Lipinski definition) is 0. The van der Waals surface area contributed by atoms with Gasteiger partial charge in [0.2, 0.25) is 11.8 Å². The summed E-state index contributed by atoms with van der Waals surface area (Å²) in [6, 6.07) is 4.06. The minimum Gasteiger partial charge on any atom is -0.465 e. The summed E-state index contributed by atoms with van der Waals surface area (Å²) in [7, 11) is 3.46. The second-order valence-electron chi connectivity index (χ2n) is 7.71. The van der Waals surface area contributed by atoms with Crippen LogP contribution in [-0.4, -0.2) is 66.8 Å². The van der Waals surface area contributed by atoms with Crippen LogP contribution in [0.3, 0.4) is 0 Å². The summed E-state index contributed by atoms with van der Waals surface area (Å²) in [5.74, 6) is 2.38. The number of aryl methyl sites for hydroxylation is 1. The van der Waals surface area contributed by atoms with Gasteiger partial charge >= 0.3 is 0 Å². The van der Waals surface area contributed by atoms with Crippen LogP contribution in [0.4, 0.5) is 0 Å². The Morgan fingerprint density at radius 3 is 2.72 bits per heavy atom. The highest BCUT2D eigenvalue weighted by Gasteiger charge is 2.55. The predicted molar refractivity (Wildman–Crippen MR) is 94.9 cm³/mol. The van der Waals surface area contributed by atoms with E-state index in [0.29, 0.717) is 12.5 Å². The molecule has 25 heavy (non-hydrogen) atoms. The van der Waals surface area contributed by atoms with Crippen LogP contribution < -0.4 is 0 Å². The maximum absolute atomic E-state index is 13.1. The van der Waals surface area contributed by atoms with Gasteiger partial charge in [0, 0.05) is 40.2 Å². The van der Waals surface area contributed by atoms with Crippen LogP contribution in [0.15, 0.2) is 16.5 Å². The van der Waals surface area contributed by atoms with Crippen molar-refractivity contribution in [1.29, 1.82) is 0 Å². The fourth-order valence-corrected chi connectivity index (χ4v) is 4.14. The third-order valence-corrected chi connectivity index (χ3v) is 5.79. The van der Waals surface area contributed by atoms with Crippen molar-refractivity contribution in [2.75, 3.05) is 40.3 Å². The smallest absolute Gasteiger partial charge is 0.241 e. The average molecular weight is 347 g/mol. The first-order valence-corrected chi connectivity index (χ1v) is 9.15. The van der Waals surface area contributed by atoms with Crippen molar-refractivity contribution in [3.63, 3.8) is 0 Å². The van der Waals surface area contributed by atoms with Gasteiger partial charge in [0.1, 0.15) is 11.5 Å². The third-order valence-electron chi connectivity index (χ3n) is 5.79. The van der Waals surface area contributed by atoms with Crippen LogP contribution in [0.1, 0.15) is 31.8 Å². The highest BCUT2D eigenvalue weighted by molar-refractivity contribution is 5.90. The highest BCUT2D eigenvalue weighted by atomic mass is 16.3. The van der Waals surface area contributed by atoms with Crippen molar-refractivity contribution in [1.82, 2.24) is 14.7 Å². The zero-order chi connectivity index (χ0) is 18.2. The molecule has 1 aromatic heterocycles. The van der Waals surface area contributed by atoms with Gasteiger partial charge in [0.05, 0.1) is 18.5 Å². The highest BCUT2D eigenvalue weighted by Crippen LogP contribution is 2.45. The Morgan fingerprint density at radius 2 is 2.08 bits per heavy atom. The van der Waals surface area contributed by atoms with Gasteiger partial charge in [-0.25, -0.2) is 0 Å². The van der Waals surface area contributed by atoms with Crippen molar-refractivity contribution in [2.24, 2.45) is 11.3 Å². The zero-order valence-corrected chi connectivity index (χ0v) is 15.7. The SMILES string of the molecule is CCc1ccc(CN2C[C@@H](C)C3(CCN(CC(=O)N(C)C)C3=O)C2)o1. The van der Waals surface area contributed by atoms with Gasteiger partial charge in [0.25, 0.3) is 0 Å². The largest absolute Gasteiger partial charge is 0.465 e. The number of carbonyl (C=O) groups is 2. The van der Waals surface area contributed by atoms with Crippen molar-refractivity contribution in [3.8, 4) is 0 Å². The monoisotopic (exact) mass is 347 g/mol. The summed E-state index contributed by atoms with van der Waals surface area (Å²) in [5, 5.41) is 0. The molecule has 0 aromatic carbocycles. The van der Waals surface area contributed by atoms with Gasteiger partial charge in [-0.05, 0) is 24.5 Å². The van der Waals surface area contributed by atoms with Crippen molar-refractivity contribution < 1.29 is 14.0 Å². The molecule has 2 aliphatic heterocycles. The molecule has 2 fully saturated rings. The predicted octanol–water partition coefficient (Wildman–Crippen LogP) is 1.60. The molecule has 2 amide bonds. The van der Waals surface area contributed by atoms with E-state index in [0.717, 1.165) is 44.0 Å². The lowest BCUT2D eigenvalue weighted by molar-refractivity contribution is -0.142. The molecule has 0 bridgehead atoms. The van der Waals surface area contributed by atoms with E-state index in [9.17, 15) is 9.59 Å². The Bertz CT molecular complexity index is 654. The van der Waals surface area contributed by atoms with E-state index in [4.69, 9.17) is 4.42 Å². The summed E-state index contributed by atoms with van der Waals surface area (Å²) in [4.78, 5) is 30.6. The van der Waals surface area contributed by atoms with E-state index in [1.54, 1.807) is 23.9 Å². The van der Waals surface area contributed by atoms with E-state index in [1.165, 1.54) is 0 Å². The lowest BCUT2D eigenvalue weighted by Crippen LogP contribution is -2.43. The second-order valence-corrected chi connectivity index (χ2v) is 7.71. The summed E-state index contributed by atoms with van der Waals surface area (Å²) >= 11 is 0. The molecule has 0 radical (unpaired) electrons. The molecule has 2 aliphatic rings. The first-order chi connectivity index (χ1) is 11.9. The molecular weight excluding hydrogens is 318 g/mol. The van der Waals surface area contributed by atoms with Crippen molar-refractivity contribution in [2.45, 2.75) is 33.2 Å². The van der Waals surface area contributed by atoms with Crippen LogP contribution in [0, 0.1) is 11.3 Å².